The van der Waals surface area contributed by atoms with E-state index in [1.165, 1.54) is 11.1 Å². The first kappa shape index (κ1) is 20.7. The molecule has 0 aliphatic heterocycles. The molecule has 5 aromatic rings. The third kappa shape index (κ3) is 4.03. The molecule has 0 aliphatic rings. The second-order valence-corrected chi connectivity index (χ2v) is 8.38. The number of nitrogens with two attached hydrogens (primary N) is 1. The van der Waals surface area contributed by atoms with Crippen LogP contribution in [0.1, 0.15) is 32.6 Å². The number of aryl methyl sites for hydroxylation is 2. The summed E-state index contributed by atoms with van der Waals surface area (Å²) in [5, 5.41) is 3.00. The van der Waals surface area contributed by atoms with Crippen molar-refractivity contribution >= 4 is 33.9 Å². The van der Waals surface area contributed by atoms with E-state index in [1.807, 2.05) is 60.0 Å². The minimum Gasteiger partial charge on any atom is -0.384 e. The maximum Gasteiger partial charge on any atom is 0.257 e. The van der Waals surface area contributed by atoms with Crippen LogP contribution >= 0.6 is 0 Å². The van der Waals surface area contributed by atoms with E-state index in [0.29, 0.717) is 35.6 Å². The van der Waals surface area contributed by atoms with Crippen molar-refractivity contribution in [1.82, 2.24) is 19.9 Å². The number of para-hydroxylation sites is 2. The summed E-state index contributed by atoms with van der Waals surface area (Å²) in [5.74, 6) is 0.104. The van der Waals surface area contributed by atoms with Crippen molar-refractivity contribution in [3.63, 3.8) is 0 Å². The van der Waals surface area contributed by atoms with Crippen molar-refractivity contribution in [1.29, 1.82) is 0 Å². The smallest absolute Gasteiger partial charge is 0.257 e. The molecule has 0 saturated heterocycles. The van der Waals surface area contributed by atoms with E-state index < -0.39 is 0 Å². The molecule has 3 aromatic carbocycles. The highest BCUT2D eigenvalue weighted by Gasteiger charge is 2.24. The topological polar surface area (TPSA) is 85.8 Å². The van der Waals surface area contributed by atoms with E-state index in [1.54, 1.807) is 0 Å². The van der Waals surface area contributed by atoms with E-state index in [2.05, 4.69) is 36.5 Å². The molecule has 0 fully saturated rings. The number of nitrogen functional groups attached to an aromatic ring is 1. The fourth-order valence-electron chi connectivity index (χ4n) is 3.95. The van der Waals surface area contributed by atoms with Gasteiger partial charge >= 0.3 is 0 Å². The minimum atomic E-state index is -0.259. The number of hydrogen-bond donors (Lipinski definition) is 2. The van der Waals surface area contributed by atoms with Crippen LogP contribution in [0.5, 0.6) is 0 Å². The third-order valence-electron chi connectivity index (χ3n) is 5.85. The summed E-state index contributed by atoms with van der Waals surface area (Å²) in [6.07, 6.45) is 0. The predicted molar refractivity (Wildman–Crippen MR) is 132 cm³/mol. The number of carbonyl (C=O) groups excluding carboxylic acids is 1. The van der Waals surface area contributed by atoms with Crippen molar-refractivity contribution in [2.75, 3.05) is 5.73 Å². The van der Waals surface area contributed by atoms with Crippen molar-refractivity contribution in [2.24, 2.45) is 0 Å². The summed E-state index contributed by atoms with van der Waals surface area (Å²) in [5.41, 5.74) is 14.0. The third-order valence-corrected chi connectivity index (χ3v) is 5.85. The lowest BCUT2D eigenvalue weighted by Gasteiger charge is -2.09. The predicted octanol–water partition coefficient (Wildman–Crippen LogP) is 4.76. The molecule has 6 heteroatoms. The first-order valence-corrected chi connectivity index (χ1v) is 10.9. The highest BCUT2D eigenvalue weighted by Crippen LogP contribution is 2.29. The summed E-state index contributed by atoms with van der Waals surface area (Å²) >= 11 is 0. The fraction of sp³-hybridized carbons (Fsp3) is 0.148. The van der Waals surface area contributed by atoms with Crippen LogP contribution in [-0.4, -0.2) is 20.4 Å². The molecule has 6 nitrogen and oxygen atoms in total. The zero-order chi connectivity index (χ0) is 22.9. The zero-order valence-corrected chi connectivity index (χ0v) is 18.7. The number of amides is 1. The van der Waals surface area contributed by atoms with Crippen molar-refractivity contribution < 1.29 is 4.79 Å². The standard InChI is InChI=1S/C27H25N5O/c1-17-7-11-19(12-8-17)15-29-27(33)23-24-26(31-22-6-4-3-5-21(22)30-24)32(25(23)28)16-20-13-9-18(2)10-14-20/h3-14H,15-16,28H2,1-2H3,(H,29,33). The molecule has 1 amide bonds. The Morgan fingerprint density at radius 2 is 1.42 bits per heavy atom. The normalized spacial score (nSPS) is 11.2. The van der Waals surface area contributed by atoms with Gasteiger partial charge in [0.25, 0.3) is 5.91 Å². The number of carbonyl (C=O) groups is 1. The van der Waals surface area contributed by atoms with Gasteiger partial charge in [0, 0.05) is 6.54 Å². The quantitative estimate of drug-likeness (QED) is 0.417. The Kier molecular flexibility index (Phi) is 5.26. The second kappa shape index (κ2) is 8.39. The summed E-state index contributed by atoms with van der Waals surface area (Å²) in [4.78, 5) is 22.9. The summed E-state index contributed by atoms with van der Waals surface area (Å²) < 4.78 is 1.88. The van der Waals surface area contributed by atoms with Gasteiger partial charge in [-0.3, -0.25) is 4.79 Å². The van der Waals surface area contributed by atoms with E-state index in [0.717, 1.165) is 22.2 Å². The average molecular weight is 436 g/mol. The highest BCUT2D eigenvalue weighted by atomic mass is 16.1. The number of benzene rings is 3. The highest BCUT2D eigenvalue weighted by molar-refractivity contribution is 6.10. The maximum absolute atomic E-state index is 13.3. The van der Waals surface area contributed by atoms with E-state index in [4.69, 9.17) is 15.7 Å². The Labute approximate surface area is 192 Å². The molecule has 0 bridgehead atoms. The molecule has 0 unspecified atom stereocenters. The Bertz CT molecular complexity index is 1470. The Morgan fingerprint density at radius 1 is 0.848 bits per heavy atom. The van der Waals surface area contributed by atoms with Crippen molar-refractivity contribution in [2.45, 2.75) is 26.9 Å². The molecule has 2 aromatic heterocycles. The summed E-state index contributed by atoms with van der Waals surface area (Å²) in [7, 11) is 0. The van der Waals surface area contributed by atoms with Gasteiger partial charge in [-0.15, -0.1) is 0 Å². The van der Waals surface area contributed by atoms with Gasteiger partial charge in [0.15, 0.2) is 5.65 Å². The van der Waals surface area contributed by atoms with Crippen LogP contribution in [0.3, 0.4) is 0 Å². The molecular weight excluding hydrogens is 410 g/mol. The number of rotatable bonds is 5. The van der Waals surface area contributed by atoms with Crippen LogP contribution in [0, 0.1) is 13.8 Å². The Balaban J connectivity index is 1.58. The van der Waals surface area contributed by atoms with Crippen molar-refractivity contribution in [3.05, 3.63) is 101 Å². The molecule has 3 N–H and O–H groups in total. The first-order valence-electron chi connectivity index (χ1n) is 10.9. The maximum atomic E-state index is 13.3. The molecule has 0 radical (unpaired) electrons. The van der Waals surface area contributed by atoms with Gasteiger partial charge in [0.2, 0.25) is 0 Å². The molecule has 0 atom stereocenters. The Hall–Kier alpha value is -4.19. The number of anilines is 1. The van der Waals surface area contributed by atoms with Gasteiger partial charge in [-0.25, -0.2) is 9.97 Å². The lowest BCUT2D eigenvalue weighted by Crippen LogP contribution is -2.24. The lowest BCUT2D eigenvalue weighted by atomic mass is 10.1. The van der Waals surface area contributed by atoms with Gasteiger partial charge < -0.3 is 15.6 Å². The number of aromatic nitrogens is 3. The van der Waals surface area contributed by atoms with Gasteiger partial charge in [-0.05, 0) is 37.1 Å². The van der Waals surface area contributed by atoms with Crippen LogP contribution < -0.4 is 11.1 Å². The molecule has 0 spiro atoms. The molecule has 0 saturated carbocycles. The molecule has 5 rings (SSSR count). The van der Waals surface area contributed by atoms with Crippen LogP contribution in [0.15, 0.2) is 72.8 Å². The lowest BCUT2D eigenvalue weighted by molar-refractivity contribution is 0.0953. The Morgan fingerprint density at radius 3 is 2.06 bits per heavy atom. The van der Waals surface area contributed by atoms with Crippen LogP contribution in [0.4, 0.5) is 5.82 Å². The molecule has 0 aliphatic carbocycles. The van der Waals surface area contributed by atoms with Crippen LogP contribution in [-0.2, 0) is 13.1 Å². The second-order valence-electron chi connectivity index (χ2n) is 8.38. The number of nitrogens with zero attached hydrogens (tertiary/aromatic N) is 3. The molecule has 164 valence electrons. The van der Waals surface area contributed by atoms with Crippen LogP contribution in [0.2, 0.25) is 0 Å². The van der Waals surface area contributed by atoms with Gasteiger partial charge in [0.1, 0.15) is 16.9 Å². The van der Waals surface area contributed by atoms with Gasteiger partial charge in [-0.1, -0.05) is 71.8 Å². The largest absolute Gasteiger partial charge is 0.384 e. The monoisotopic (exact) mass is 435 g/mol. The van der Waals surface area contributed by atoms with Crippen molar-refractivity contribution in [3.8, 4) is 0 Å². The summed E-state index contributed by atoms with van der Waals surface area (Å²) in [6.45, 7) is 5.00. The van der Waals surface area contributed by atoms with E-state index in [9.17, 15) is 4.79 Å². The molecule has 33 heavy (non-hydrogen) atoms. The number of hydrogen-bond acceptors (Lipinski definition) is 4. The molecule has 2 heterocycles. The fourth-order valence-corrected chi connectivity index (χ4v) is 3.95. The van der Waals surface area contributed by atoms with Gasteiger partial charge in [0.05, 0.1) is 17.6 Å². The minimum absolute atomic E-state index is 0.259. The zero-order valence-electron chi connectivity index (χ0n) is 18.7. The average Bonchev–Trinajstić information content (AvgIpc) is 3.08. The molecular formula is C27H25N5O. The SMILES string of the molecule is Cc1ccc(CNC(=O)c2c(N)n(Cc3ccc(C)cc3)c3nc4ccccc4nc23)cc1. The van der Waals surface area contributed by atoms with Gasteiger partial charge in [-0.2, -0.15) is 0 Å². The number of fused-ring (bicyclic) bond motifs is 2. The summed E-state index contributed by atoms with van der Waals surface area (Å²) in [6, 6.07) is 24.0. The van der Waals surface area contributed by atoms with E-state index >= 15 is 0 Å². The van der Waals surface area contributed by atoms with Crippen LogP contribution in [0.25, 0.3) is 22.2 Å². The van der Waals surface area contributed by atoms with E-state index in [-0.39, 0.29) is 5.91 Å². The first-order chi connectivity index (χ1) is 16.0. The number of nitrogens with one attached hydrogen (secondary N) is 1.